The van der Waals surface area contributed by atoms with Crippen molar-refractivity contribution in [3.8, 4) is 17.6 Å². The lowest BCUT2D eigenvalue weighted by Crippen LogP contribution is -1.99. The van der Waals surface area contributed by atoms with Crippen LogP contribution in [0.15, 0.2) is 24.3 Å². The Morgan fingerprint density at radius 2 is 2.29 bits per heavy atom. The molecule has 0 aliphatic carbocycles. The molecule has 0 heterocycles. The van der Waals surface area contributed by atoms with Gasteiger partial charge in [0.2, 0.25) is 0 Å². The molecule has 0 aliphatic rings. The molecule has 0 aliphatic heterocycles. The van der Waals surface area contributed by atoms with Crippen molar-refractivity contribution in [2.24, 2.45) is 0 Å². The van der Waals surface area contributed by atoms with Gasteiger partial charge in [-0.3, -0.25) is 4.79 Å². The van der Waals surface area contributed by atoms with Gasteiger partial charge >= 0.3 is 5.97 Å². The molecule has 4 nitrogen and oxygen atoms in total. The first-order chi connectivity index (χ1) is 8.13. The predicted molar refractivity (Wildman–Crippen MR) is 62.4 cm³/mol. The molecule has 0 fully saturated rings. The van der Waals surface area contributed by atoms with Crippen LogP contribution >= 0.6 is 0 Å². The Morgan fingerprint density at radius 3 is 2.94 bits per heavy atom. The highest BCUT2D eigenvalue weighted by molar-refractivity contribution is 5.66. The van der Waals surface area contributed by atoms with E-state index in [-0.39, 0.29) is 6.61 Å². The fraction of sp³-hybridized carbons (Fsp3) is 0.308. The lowest BCUT2D eigenvalue weighted by Gasteiger charge is -2.05. The van der Waals surface area contributed by atoms with E-state index in [0.717, 1.165) is 0 Å². The topological polar surface area (TPSA) is 55.8 Å². The molecule has 1 aromatic carbocycles. The number of hydrogen-bond donors (Lipinski definition) is 1. The first-order valence-electron chi connectivity index (χ1n) is 5.07. The minimum Gasteiger partial charge on any atom is -0.497 e. The molecule has 1 aromatic rings. The number of carbonyl (C=O) groups excluding carboxylic acids is 1. The van der Waals surface area contributed by atoms with E-state index in [1.54, 1.807) is 31.4 Å². The van der Waals surface area contributed by atoms with Crippen molar-refractivity contribution in [2.45, 2.75) is 13.0 Å². The van der Waals surface area contributed by atoms with Crippen LogP contribution in [0.3, 0.4) is 0 Å². The molecular weight excluding hydrogens is 220 g/mol. The summed E-state index contributed by atoms with van der Waals surface area (Å²) in [5, 5.41) is 9.74. The molecule has 0 unspecified atom stereocenters. The van der Waals surface area contributed by atoms with Crippen LogP contribution < -0.4 is 4.74 Å². The lowest BCUT2D eigenvalue weighted by atomic mass is 10.1. The number of aliphatic hydroxyl groups excluding tert-OH is 1. The highest BCUT2D eigenvalue weighted by atomic mass is 16.5. The number of benzene rings is 1. The van der Waals surface area contributed by atoms with Crippen molar-refractivity contribution in [3.05, 3.63) is 29.8 Å². The third-order valence-electron chi connectivity index (χ3n) is 2.00. The van der Waals surface area contributed by atoms with Crippen molar-refractivity contribution in [1.29, 1.82) is 0 Å². The SMILES string of the molecule is COc1cccc([C@H](O)C#CCOC(C)=O)c1. The molecule has 0 saturated carbocycles. The summed E-state index contributed by atoms with van der Waals surface area (Å²) in [6.45, 7) is 1.29. The minimum absolute atomic E-state index is 0.0175. The molecular formula is C13H14O4. The normalized spacial score (nSPS) is 11.0. The summed E-state index contributed by atoms with van der Waals surface area (Å²) in [5.74, 6) is 5.41. The van der Waals surface area contributed by atoms with E-state index in [2.05, 4.69) is 16.6 Å². The van der Waals surface area contributed by atoms with Gasteiger partial charge in [-0.05, 0) is 17.7 Å². The Bertz CT molecular complexity index is 442. The van der Waals surface area contributed by atoms with Crippen LogP contribution in [0.1, 0.15) is 18.6 Å². The van der Waals surface area contributed by atoms with Gasteiger partial charge in [-0.15, -0.1) is 0 Å². The van der Waals surface area contributed by atoms with Crippen molar-refractivity contribution in [3.63, 3.8) is 0 Å². The van der Waals surface area contributed by atoms with Crippen LogP contribution in [0.5, 0.6) is 5.75 Å². The second kappa shape index (κ2) is 6.56. The van der Waals surface area contributed by atoms with Gasteiger partial charge in [-0.1, -0.05) is 24.0 Å². The smallest absolute Gasteiger partial charge is 0.303 e. The third-order valence-corrected chi connectivity index (χ3v) is 2.00. The molecule has 1 rings (SSSR count). The fourth-order valence-electron chi connectivity index (χ4n) is 1.17. The van der Waals surface area contributed by atoms with Crippen LogP contribution in [0.4, 0.5) is 0 Å². The Hall–Kier alpha value is -1.99. The van der Waals surface area contributed by atoms with Crippen LogP contribution in [0.25, 0.3) is 0 Å². The molecule has 0 saturated heterocycles. The highest BCUT2D eigenvalue weighted by Crippen LogP contribution is 2.18. The monoisotopic (exact) mass is 234 g/mol. The fourth-order valence-corrected chi connectivity index (χ4v) is 1.17. The van der Waals surface area contributed by atoms with E-state index in [9.17, 15) is 9.90 Å². The Labute approximate surface area is 100 Å². The van der Waals surface area contributed by atoms with E-state index >= 15 is 0 Å². The summed E-state index contributed by atoms with van der Waals surface area (Å²) in [5.41, 5.74) is 0.639. The lowest BCUT2D eigenvalue weighted by molar-refractivity contribution is -0.139. The predicted octanol–water partition coefficient (Wildman–Crippen LogP) is 1.30. The molecule has 0 bridgehead atoms. The summed E-state index contributed by atoms with van der Waals surface area (Å²) in [6, 6.07) is 6.99. The Morgan fingerprint density at radius 1 is 1.53 bits per heavy atom. The summed E-state index contributed by atoms with van der Waals surface area (Å²) >= 11 is 0. The van der Waals surface area contributed by atoms with Gasteiger partial charge in [0.25, 0.3) is 0 Å². The number of hydrogen-bond acceptors (Lipinski definition) is 4. The van der Waals surface area contributed by atoms with Gasteiger partial charge in [0.15, 0.2) is 6.61 Å². The molecule has 17 heavy (non-hydrogen) atoms. The third kappa shape index (κ3) is 4.58. The van der Waals surface area contributed by atoms with Gasteiger partial charge in [-0.2, -0.15) is 0 Å². The zero-order valence-electron chi connectivity index (χ0n) is 9.77. The van der Waals surface area contributed by atoms with Crippen molar-refractivity contribution >= 4 is 5.97 Å². The summed E-state index contributed by atoms with van der Waals surface area (Å²) in [7, 11) is 1.55. The second-order valence-electron chi connectivity index (χ2n) is 3.28. The molecule has 90 valence electrons. The molecule has 1 N–H and O–H groups in total. The first-order valence-corrected chi connectivity index (χ1v) is 5.07. The molecule has 4 heteroatoms. The van der Waals surface area contributed by atoms with E-state index < -0.39 is 12.1 Å². The summed E-state index contributed by atoms with van der Waals surface area (Å²) < 4.78 is 9.66. The largest absolute Gasteiger partial charge is 0.497 e. The zero-order valence-corrected chi connectivity index (χ0v) is 9.77. The average molecular weight is 234 g/mol. The maximum atomic E-state index is 10.5. The van der Waals surface area contributed by atoms with Crippen LogP contribution in [0.2, 0.25) is 0 Å². The van der Waals surface area contributed by atoms with E-state index in [1.165, 1.54) is 6.92 Å². The Kier molecular flexibility index (Phi) is 5.05. The number of methoxy groups -OCH3 is 1. The first kappa shape index (κ1) is 13.1. The van der Waals surface area contributed by atoms with Gasteiger partial charge in [0.1, 0.15) is 11.9 Å². The van der Waals surface area contributed by atoms with Gasteiger partial charge in [0.05, 0.1) is 7.11 Å². The standard InChI is InChI=1S/C13H14O4/c1-10(14)17-8-4-7-13(15)11-5-3-6-12(9-11)16-2/h3,5-6,9,13,15H,8H2,1-2H3/t13-/m1/s1. The molecule has 1 atom stereocenters. The van der Waals surface area contributed by atoms with Crippen LogP contribution in [-0.2, 0) is 9.53 Å². The molecule has 0 aromatic heterocycles. The van der Waals surface area contributed by atoms with Crippen LogP contribution in [-0.4, -0.2) is 24.8 Å². The molecule has 0 spiro atoms. The van der Waals surface area contributed by atoms with E-state index in [0.29, 0.717) is 11.3 Å². The number of rotatable bonds is 3. The number of esters is 1. The van der Waals surface area contributed by atoms with Crippen molar-refractivity contribution in [1.82, 2.24) is 0 Å². The van der Waals surface area contributed by atoms with Gasteiger partial charge in [0, 0.05) is 6.92 Å². The zero-order chi connectivity index (χ0) is 12.7. The summed E-state index contributed by atoms with van der Waals surface area (Å²) in [4.78, 5) is 10.5. The van der Waals surface area contributed by atoms with E-state index in [1.807, 2.05) is 0 Å². The summed E-state index contributed by atoms with van der Waals surface area (Å²) in [6.07, 6.45) is -0.916. The maximum absolute atomic E-state index is 10.5. The highest BCUT2D eigenvalue weighted by Gasteiger charge is 2.04. The Balaban J connectivity index is 2.62. The van der Waals surface area contributed by atoms with Crippen molar-refractivity contribution < 1.29 is 19.4 Å². The average Bonchev–Trinajstić information content (AvgIpc) is 2.34. The van der Waals surface area contributed by atoms with Crippen LogP contribution in [0, 0.1) is 11.8 Å². The molecule has 0 radical (unpaired) electrons. The second-order valence-corrected chi connectivity index (χ2v) is 3.28. The molecule has 0 amide bonds. The quantitative estimate of drug-likeness (QED) is 0.632. The van der Waals surface area contributed by atoms with Crippen molar-refractivity contribution in [2.75, 3.05) is 13.7 Å². The van der Waals surface area contributed by atoms with E-state index in [4.69, 9.17) is 4.74 Å². The number of aliphatic hydroxyl groups is 1. The number of carbonyl (C=O) groups is 1. The van der Waals surface area contributed by atoms with Gasteiger partial charge in [-0.25, -0.2) is 0 Å². The maximum Gasteiger partial charge on any atom is 0.303 e. The minimum atomic E-state index is -0.916. The van der Waals surface area contributed by atoms with Gasteiger partial charge < -0.3 is 14.6 Å². The number of ether oxygens (including phenoxy) is 2.